The van der Waals surface area contributed by atoms with E-state index in [-0.39, 0.29) is 6.04 Å². The third-order valence-electron chi connectivity index (χ3n) is 5.55. The normalized spacial score (nSPS) is 21.3. The SMILES string of the molecule is CCOc1cc(C2NN=C3CCN(Cc4ccccc4)CC32)cc(Cl)c1OCC. The molecule has 4 rings (SSSR count). The van der Waals surface area contributed by atoms with E-state index in [1.165, 1.54) is 11.3 Å². The zero-order valence-corrected chi connectivity index (χ0v) is 17.8. The second kappa shape index (κ2) is 9.06. The van der Waals surface area contributed by atoms with Crippen LogP contribution in [-0.2, 0) is 6.54 Å². The molecule has 154 valence electrons. The Labute approximate surface area is 177 Å². The van der Waals surface area contributed by atoms with Crippen LogP contribution < -0.4 is 14.9 Å². The van der Waals surface area contributed by atoms with Crippen molar-refractivity contribution in [3.05, 3.63) is 58.6 Å². The van der Waals surface area contributed by atoms with Gasteiger partial charge in [0.25, 0.3) is 0 Å². The van der Waals surface area contributed by atoms with Gasteiger partial charge >= 0.3 is 0 Å². The van der Waals surface area contributed by atoms with Crippen LogP contribution in [0.1, 0.15) is 37.4 Å². The number of hydrogen-bond donors (Lipinski definition) is 1. The Morgan fingerprint density at radius 2 is 1.93 bits per heavy atom. The van der Waals surface area contributed by atoms with Crippen LogP contribution in [0.5, 0.6) is 11.5 Å². The molecular weight excluding hydrogens is 386 g/mol. The van der Waals surface area contributed by atoms with Gasteiger partial charge in [-0.3, -0.25) is 4.90 Å². The fourth-order valence-electron chi connectivity index (χ4n) is 4.22. The van der Waals surface area contributed by atoms with Crippen molar-refractivity contribution >= 4 is 17.3 Å². The lowest BCUT2D eigenvalue weighted by molar-refractivity contribution is 0.220. The predicted octanol–water partition coefficient (Wildman–Crippen LogP) is 4.66. The summed E-state index contributed by atoms with van der Waals surface area (Å²) in [5.74, 6) is 1.65. The number of nitrogens with zero attached hydrogens (tertiary/aromatic N) is 2. The molecule has 2 aromatic rings. The van der Waals surface area contributed by atoms with Gasteiger partial charge in [-0.15, -0.1) is 0 Å². The highest BCUT2D eigenvalue weighted by atomic mass is 35.5. The van der Waals surface area contributed by atoms with Crippen LogP contribution in [-0.4, -0.2) is 36.9 Å². The molecule has 2 atom stereocenters. The first-order valence-corrected chi connectivity index (χ1v) is 10.7. The third kappa shape index (κ3) is 4.36. The molecule has 5 nitrogen and oxygen atoms in total. The summed E-state index contributed by atoms with van der Waals surface area (Å²) in [5.41, 5.74) is 7.04. The molecule has 0 radical (unpaired) electrons. The molecule has 0 aromatic heterocycles. The number of fused-ring (bicyclic) bond motifs is 1. The van der Waals surface area contributed by atoms with Crippen molar-refractivity contribution in [1.82, 2.24) is 10.3 Å². The summed E-state index contributed by atoms with van der Waals surface area (Å²) in [5, 5.41) is 5.23. The summed E-state index contributed by atoms with van der Waals surface area (Å²) in [7, 11) is 0. The molecule has 0 spiro atoms. The van der Waals surface area contributed by atoms with Crippen LogP contribution in [0.25, 0.3) is 0 Å². The number of piperidine rings is 1. The quantitative estimate of drug-likeness (QED) is 0.717. The Morgan fingerprint density at radius 3 is 2.69 bits per heavy atom. The van der Waals surface area contributed by atoms with Crippen LogP contribution in [0.4, 0.5) is 0 Å². The summed E-state index contributed by atoms with van der Waals surface area (Å²) in [6.45, 7) is 7.99. The van der Waals surface area contributed by atoms with Crippen LogP contribution in [0.2, 0.25) is 5.02 Å². The molecule has 0 aliphatic carbocycles. The van der Waals surface area contributed by atoms with Gasteiger partial charge < -0.3 is 14.9 Å². The summed E-state index contributed by atoms with van der Waals surface area (Å²) in [4.78, 5) is 2.51. The van der Waals surface area contributed by atoms with Crippen molar-refractivity contribution < 1.29 is 9.47 Å². The van der Waals surface area contributed by atoms with E-state index in [2.05, 4.69) is 45.8 Å². The van der Waals surface area contributed by atoms with Crippen molar-refractivity contribution in [1.29, 1.82) is 0 Å². The molecule has 2 heterocycles. The van der Waals surface area contributed by atoms with E-state index in [1.807, 2.05) is 26.0 Å². The van der Waals surface area contributed by atoms with Gasteiger partial charge in [0, 0.05) is 37.7 Å². The highest BCUT2D eigenvalue weighted by Gasteiger charge is 2.37. The lowest BCUT2D eigenvalue weighted by Crippen LogP contribution is -2.41. The zero-order chi connectivity index (χ0) is 20.2. The molecule has 1 saturated heterocycles. The lowest BCUT2D eigenvalue weighted by atomic mass is 9.86. The van der Waals surface area contributed by atoms with Crippen LogP contribution in [0.3, 0.4) is 0 Å². The molecule has 2 unspecified atom stereocenters. The molecular formula is C23H28ClN3O2. The molecule has 1 N–H and O–H groups in total. The number of hydrazone groups is 1. The first kappa shape index (κ1) is 20.0. The molecule has 2 aliphatic rings. The Kier molecular flexibility index (Phi) is 6.26. The number of rotatable bonds is 7. The van der Waals surface area contributed by atoms with Gasteiger partial charge in [-0.1, -0.05) is 41.9 Å². The zero-order valence-electron chi connectivity index (χ0n) is 17.0. The highest BCUT2D eigenvalue weighted by molar-refractivity contribution is 6.32. The topological polar surface area (TPSA) is 46.1 Å². The number of likely N-dealkylation sites (tertiary alicyclic amines) is 1. The van der Waals surface area contributed by atoms with Gasteiger partial charge in [0.05, 0.1) is 24.3 Å². The van der Waals surface area contributed by atoms with E-state index < -0.39 is 0 Å². The molecule has 0 bridgehead atoms. The molecule has 1 fully saturated rings. The van der Waals surface area contributed by atoms with E-state index in [9.17, 15) is 0 Å². The highest BCUT2D eigenvalue weighted by Crippen LogP contribution is 2.41. The van der Waals surface area contributed by atoms with Crippen LogP contribution >= 0.6 is 11.6 Å². The Bertz CT molecular complexity index is 872. The Balaban J connectivity index is 1.54. The molecule has 2 aromatic carbocycles. The molecule has 2 aliphatic heterocycles. The largest absolute Gasteiger partial charge is 0.490 e. The van der Waals surface area contributed by atoms with Crippen molar-refractivity contribution in [3.63, 3.8) is 0 Å². The second-order valence-corrected chi connectivity index (χ2v) is 7.89. The molecule has 29 heavy (non-hydrogen) atoms. The average molecular weight is 414 g/mol. The van der Waals surface area contributed by atoms with E-state index in [0.29, 0.717) is 35.7 Å². The van der Waals surface area contributed by atoms with Gasteiger partial charge in [0.2, 0.25) is 0 Å². The fraction of sp³-hybridized carbons (Fsp3) is 0.435. The van der Waals surface area contributed by atoms with Gasteiger partial charge in [-0.25, -0.2) is 0 Å². The predicted molar refractivity (Wildman–Crippen MR) is 117 cm³/mol. The maximum Gasteiger partial charge on any atom is 0.179 e. The number of halogens is 1. The fourth-order valence-corrected chi connectivity index (χ4v) is 4.49. The second-order valence-electron chi connectivity index (χ2n) is 7.48. The number of nitrogens with one attached hydrogen (secondary N) is 1. The first-order valence-electron chi connectivity index (χ1n) is 10.4. The van der Waals surface area contributed by atoms with Crippen LogP contribution in [0, 0.1) is 5.92 Å². The van der Waals surface area contributed by atoms with E-state index in [1.54, 1.807) is 0 Å². The van der Waals surface area contributed by atoms with Crippen LogP contribution in [0.15, 0.2) is 47.6 Å². The number of ether oxygens (including phenoxy) is 2. The minimum atomic E-state index is 0.0935. The number of hydrogen-bond acceptors (Lipinski definition) is 5. The minimum absolute atomic E-state index is 0.0935. The monoisotopic (exact) mass is 413 g/mol. The first-order chi connectivity index (χ1) is 14.2. The lowest BCUT2D eigenvalue weighted by Gasteiger charge is -2.33. The minimum Gasteiger partial charge on any atom is -0.490 e. The van der Waals surface area contributed by atoms with Crippen molar-refractivity contribution in [2.75, 3.05) is 26.3 Å². The maximum absolute atomic E-state index is 6.56. The van der Waals surface area contributed by atoms with E-state index in [0.717, 1.165) is 31.6 Å². The van der Waals surface area contributed by atoms with Crippen molar-refractivity contribution in [3.8, 4) is 11.5 Å². The Hall–Kier alpha value is -2.24. The smallest absolute Gasteiger partial charge is 0.179 e. The maximum atomic E-state index is 6.56. The Morgan fingerprint density at radius 1 is 1.14 bits per heavy atom. The summed E-state index contributed by atoms with van der Waals surface area (Å²) >= 11 is 6.56. The van der Waals surface area contributed by atoms with Crippen molar-refractivity contribution in [2.24, 2.45) is 11.0 Å². The van der Waals surface area contributed by atoms with Gasteiger partial charge in [-0.2, -0.15) is 5.10 Å². The van der Waals surface area contributed by atoms with Gasteiger partial charge in [-0.05, 0) is 37.1 Å². The van der Waals surface area contributed by atoms with Gasteiger partial charge in [0.15, 0.2) is 11.5 Å². The third-order valence-corrected chi connectivity index (χ3v) is 5.83. The van der Waals surface area contributed by atoms with Crippen molar-refractivity contribution in [2.45, 2.75) is 32.9 Å². The van der Waals surface area contributed by atoms with E-state index in [4.69, 9.17) is 21.1 Å². The summed E-state index contributed by atoms with van der Waals surface area (Å²) in [6, 6.07) is 14.8. The van der Waals surface area contributed by atoms with Gasteiger partial charge in [0.1, 0.15) is 0 Å². The average Bonchev–Trinajstić information content (AvgIpc) is 3.14. The molecule has 0 amide bonds. The molecule has 0 saturated carbocycles. The summed E-state index contributed by atoms with van der Waals surface area (Å²) < 4.78 is 11.5. The summed E-state index contributed by atoms with van der Waals surface area (Å²) in [6.07, 6.45) is 0.990. The standard InChI is InChI=1S/C23H28ClN3O2/c1-3-28-21-13-17(12-19(24)23(21)29-4-2)22-18-15-27(11-10-20(18)25-26-22)14-16-8-6-5-7-9-16/h5-9,12-13,18,22,26H,3-4,10-11,14-15H2,1-2H3. The van der Waals surface area contributed by atoms with E-state index >= 15 is 0 Å². The number of benzene rings is 2. The molecule has 6 heteroatoms.